The van der Waals surface area contributed by atoms with Crippen molar-refractivity contribution in [2.75, 3.05) is 5.32 Å². The van der Waals surface area contributed by atoms with E-state index >= 15 is 0 Å². The van der Waals surface area contributed by atoms with Crippen molar-refractivity contribution in [1.29, 1.82) is 0 Å². The molecule has 2 rings (SSSR count). The molecule has 2 N–H and O–H groups in total. The van der Waals surface area contributed by atoms with Crippen LogP contribution in [0.3, 0.4) is 0 Å². The van der Waals surface area contributed by atoms with Crippen molar-refractivity contribution >= 4 is 11.4 Å². The highest BCUT2D eigenvalue weighted by atomic mass is 19.1. The molecule has 0 aliphatic heterocycles. The fourth-order valence-corrected chi connectivity index (χ4v) is 1.78. The number of nitrogens with zero attached hydrogens (tertiary/aromatic N) is 1. The van der Waals surface area contributed by atoms with Crippen LogP contribution in [0, 0.1) is 22.9 Å². The lowest BCUT2D eigenvalue weighted by atomic mass is 10.1. The van der Waals surface area contributed by atoms with Gasteiger partial charge in [0.1, 0.15) is 0 Å². The van der Waals surface area contributed by atoms with E-state index in [0.717, 1.165) is 11.6 Å². The Hall–Kier alpha value is -2.63. The second kappa shape index (κ2) is 5.56. The van der Waals surface area contributed by atoms with Crippen LogP contribution in [-0.4, -0.2) is 10.0 Å². The topological polar surface area (TPSA) is 75.4 Å². The fraction of sp³-hybridized carbons (Fsp3) is 0.143. The second-order valence-electron chi connectivity index (χ2n) is 4.40. The first-order chi connectivity index (χ1) is 9.47. The maximum absolute atomic E-state index is 13.1. The van der Waals surface area contributed by atoms with Crippen molar-refractivity contribution in [3.05, 3.63) is 63.5 Å². The van der Waals surface area contributed by atoms with Crippen LogP contribution in [0.2, 0.25) is 0 Å². The summed E-state index contributed by atoms with van der Waals surface area (Å²) >= 11 is 0. The molecule has 104 valence electrons. The first-order valence-corrected chi connectivity index (χ1v) is 5.93. The van der Waals surface area contributed by atoms with Gasteiger partial charge in [0.2, 0.25) is 0 Å². The number of phenols is 1. The number of aromatic hydroxyl groups is 1. The van der Waals surface area contributed by atoms with Crippen LogP contribution in [0.15, 0.2) is 36.4 Å². The van der Waals surface area contributed by atoms with Gasteiger partial charge in [-0.25, -0.2) is 4.39 Å². The lowest BCUT2D eigenvalue weighted by Gasteiger charge is -2.08. The molecular formula is C14H13FN2O3. The fourth-order valence-electron chi connectivity index (χ4n) is 1.78. The number of phenolic OH excluding ortho intramolecular Hbond substituents is 1. The molecule has 0 fully saturated rings. The standard InChI is InChI=1S/C14H13FN2O3/c1-9-2-3-10(6-13(9)17(19)20)8-16-11-4-5-14(18)12(15)7-11/h2-7,16,18H,8H2,1H3. The molecule has 0 bridgehead atoms. The summed E-state index contributed by atoms with van der Waals surface area (Å²) in [7, 11) is 0. The Bertz CT molecular complexity index is 659. The smallest absolute Gasteiger partial charge is 0.272 e. The van der Waals surface area contributed by atoms with Crippen molar-refractivity contribution in [2.24, 2.45) is 0 Å². The number of aryl methyl sites for hydroxylation is 1. The van der Waals surface area contributed by atoms with E-state index < -0.39 is 16.5 Å². The Labute approximate surface area is 114 Å². The number of hydrogen-bond donors (Lipinski definition) is 2. The average Bonchev–Trinajstić information content (AvgIpc) is 2.41. The van der Waals surface area contributed by atoms with E-state index in [0.29, 0.717) is 17.8 Å². The van der Waals surface area contributed by atoms with Crippen LogP contribution in [-0.2, 0) is 6.54 Å². The Morgan fingerprint density at radius 3 is 2.70 bits per heavy atom. The minimum absolute atomic E-state index is 0.0567. The van der Waals surface area contributed by atoms with E-state index in [1.54, 1.807) is 19.1 Å². The summed E-state index contributed by atoms with van der Waals surface area (Å²) in [5.74, 6) is -1.13. The number of anilines is 1. The van der Waals surface area contributed by atoms with Crippen LogP contribution >= 0.6 is 0 Å². The van der Waals surface area contributed by atoms with Gasteiger partial charge in [0, 0.05) is 29.9 Å². The normalized spacial score (nSPS) is 10.3. The maximum Gasteiger partial charge on any atom is 0.272 e. The van der Waals surface area contributed by atoms with E-state index in [4.69, 9.17) is 5.11 Å². The van der Waals surface area contributed by atoms with Gasteiger partial charge < -0.3 is 10.4 Å². The first kappa shape index (κ1) is 13.8. The lowest BCUT2D eigenvalue weighted by molar-refractivity contribution is -0.385. The zero-order valence-corrected chi connectivity index (χ0v) is 10.8. The van der Waals surface area contributed by atoms with Crippen molar-refractivity contribution in [1.82, 2.24) is 0 Å². The van der Waals surface area contributed by atoms with Crippen LogP contribution in [0.25, 0.3) is 0 Å². The summed E-state index contributed by atoms with van der Waals surface area (Å²) in [4.78, 5) is 10.4. The number of nitro benzene ring substituents is 1. The number of nitro groups is 1. The molecule has 0 amide bonds. The quantitative estimate of drug-likeness (QED) is 0.510. The molecule has 0 saturated heterocycles. The summed E-state index contributed by atoms with van der Waals surface area (Å²) in [6, 6.07) is 8.87. The summed E-state index contributed by atoms with van der Waals surface area (Å²) < 4.78 is 13.1. The van der Waals surface area contributed by atoms with Crippen LogP contribution in [0.1, 0.15) is 11.1 Å². The largest absolute Gasteiger partial charge is 0.505 e. The van der Waals surface area contributed by atoms with Crippen LogP contribution in [0.5, 0.6) is 5.75 Å². The Kier molecular flexibility index (Phi) is 3.84. The molecule has 6 heteroatoms. The first-order valence-electron chi connectivity index (χ1n) is 5.93. The van der Waals surface area contributed by atoms with Crippen molar-refractivity contribution in [2.45, 2.75) is 13.5 Å². The molecule has 0 radical (unpaired) electrons. The molecule has 20 heavy (non-hydrogen) atoms. The minimum atomic E-state index is -0.718. The average molecular weight is 276 g/mol. The zero-order valence-electron chi connectivity index (χ0n) is 10.8. The molecule has 0 aliphatic rings. The summed E-state index contributed by atoms with van der Waals surface area (Å²) in [6.07, 6.45) is 0. The van der Waals surface area contributed by atoms with Gasteiger partial charge in [-0.1, -0.05) is 12.1 Å². The molecule has 0 aromatic heterocycles. The molecular weight excluding hydrogens is 263 g/mol. The van der Waals surface area contributed by atoms with Gasteiger partial charge in [0.25, 0.3) is 5.69 Å². The highest BCUT2D eigenvalue weighted by molar-refractivity contribution is 5.48. The Morgan fingerprint density at radius 2 is 2.05 bits per heavy atom. The van der Waals surface area contributed by atoms with Gasteiger partial charge in [0.15, 0.2) is 11.6 Å². The van der Waals surface area contributed by atoms with Gasteiger partial charge in [-0.05, 0) is 24.6 Å². The molecule has 0 atom stereocenters. The van der Waals surface area contributed by atoms with Crippen molar-refractivity contribution in [3.63, 3.8) is 0 Å². The number of hydrogen-bond acceptors (Lipinski definition) is 4. The second-order valence-corrected chi connectivity index (χ2v) is 4.40. The van der Waals surface area contributed by atoms with Gasteiger partial charge in [-0.15, -0.1) is 0 Å². The van der Waals surface area contributed by atoms with E-state index in [1.807, 2.05) is 0 Å². The van der Waals surface area contributed by atoms with Gasteiger partial charge in [-0.2, -0.15) is 0 Å². The van der Waals surface area contributed by atoms with E-state index in [1.165, 1.54) is 18.2 Å². The molecule has 0 heterocycles. The molecule has 0 spiro atoms. The van der Waals surface area contributed by atoms with Gasteiger partial charge in [-0.3, -0.25) is 10.1 Å². The third-order valence-electron chi connectivity index (χ3n) is 2.91. The van der Waals surface area contributed by atoms with Gasteiger partial charge in [0.05, 0.1) is 4.92 Å². The van der Waals surface area contributed by atoms with Crippen molar-refractivity contribution < 1.29 is 14.4 Å². The molecule has 0 saturated carbocycles. The molecule has 2 aromatic rings. The number of halogens is 1. The Balaban J connectivity index is 2.12. The minimum Gasteiger partial charge on any atom is -0.505 e. The van der Waals surface area contributed by atoms with E-state index in [9.17, 15) is 14.5 Å². The number of rotatable bonds is 4. The third-order valence-corrected chi connectivity index (χ3v) is 2.91. The van der Waals surface area contributed by atoms with E-state index in [2.05, 4.69) is 5.32 Å². The maximum atomic E-state index is 13.1. The number of benzene rings is 2. The molecule has 0 unspecified atom stereocenters. The SMILES string of the molecule is Cc1ccc(CNc2ccc(O)c(F)c2)cc1[N+](=O)[O-]. The predicted molar refractivity (Wildman–Crippen MR) is 73.2 cm³/mol. The summed E-state index contributed by atoms with van der Waals surface area (Å²) in [6.45, 7) is 2.00. The Morgan fingerprint density at radius 1 is 1.30 bits per heavy atom. The highest BCUT2D eigenvalue weighted by Crippen LogP contribution is 2.22. The van der Waals surface area contributed by atoms with Crippen LogP contribution in [0.4, 0.5) is 15.8 Å². The summed E-state index contributed by atoms with van der Waals surface area (Å²) in [5.41, 5.74) is 1.86. The summed E-state index contributed by atoms with van der Waals surface area (Å²) in [5, 5.41) is 22.9. The third kappa shape index (κ3) is 3.03. The van der Waals surface area contributed by atoms with Crippen LogP contribution < -0.4 is 5.32 Å². The molecule has 5 nitrogen and oxygen atoms in total. The zero-order chi connectivity index (χ0) is 14.7. The highest BCUT2D eigenvalue weighted by Gasteiger charge is 2.10. The molecule has 0 aliphatic carbocycles. The van der Waals surface area contributed by atoms with Crippen molar-refractivity contribution in [3.8, 4) is 5.75 Å². The molecule has 2 aromatic carbocycles. The monoisotopic (exact) mass is 276 g/mol. The van der Waals surface area contributed by atoms with E-state index in [-0.39, 0.29) is 5.69 Å². The predicted octanol–water partition coefficient (Wildman–Crippen LogP) is 3.36. The lowest BCUT2D eigenvalue weighted by Crippen LogP contribution is -2.01. The van der Waals surface area contributed by atoms with Gasteiger partial charge >= 0.3 is 0 Å². The number of nitrogens with one attached hydrogen (secondary N) is 1.